The Morgan fingerprint density at radius 2 is 2.29 bits per heavy atom. The van der Waals surface area contributed by atoms with Gasteiger partial charge < -0.3 is 9.88 Å². The molecule has 1 aromatic heterocycles. The quantitative estimate of drug-likeness (QED) is 0.732. The molecule has 1 saturated heterocycles. The van der Waals surface area contributed by atoms with Crippen molar-refractivity contribution in [2.75, 3.05) is 13.6 Å². The maximum absolute atomic E-state index is 3.43. The largest absolute Gasteiger partial charge is 0.361 e. The van der Waals surface area contributed by atoms with Gasteiger partial charge in [0.05, 0.1) is 0 Å². The minimum atomic E-state index is 0.720. The maximum Gasteiger partial charge on any atom is 0.0459 e. The molecule has 2 heteroatoms. The van der Waals surface area contributed by atoms with Gasteiger partial charge in [0.1, 0.15) is 0 Å². The number of fused-ring (bicyclic) bond motifs is 2. The Bertz CT molecular complexity index is 569. The van der Waals surface area contributed by atoms with Crippen LogP contribution in [0.25, 0.3) is 10.9 Å². The highest BCUT2D eigenvalue weighted by Crippen LogP contribution is 2.42. The number of nitrogens with zero attached hydrogens (tertiary/aromatic N) is 1. The zero-order valence-corrected chi connectivity index (χ0v) is 10.2. The minimum absolute atomic E-state index is 0.720. The van der Waals surface area contributed by atoms with E-state index in [4.69, 9.17) is 0 Å². The van der Waals surface area contributed by atoms with Crippen LogP contribution in [0.2, 0.25) is 0 Å². The highest BCUT2D eigenvalue weighted by Gasteiger charge is 2.35. The van der Waals surface area contributed by atoms with Crippen LogP contribution in [0.3, 0.4) is 0 Å². The zero-order chi connectivity index (χ0) is 11.4. The molecule has 0 amide bonds. The summed E-state index contributed by atoms with van der Waals surface area (Å²) in [7, 11) is 2.29. The van der Waals surface area contributed by atoms with Crippen LogP contribution in [-0.4, -0.2) is 29.5 Å². The van der Waals surface area contributed by atoms with Gasteiger partial charge in [-0.2, -0.15) is 0 Å². The number of aromatic amines is 1. The van der Waals surface area contributed by atoms with Crippen LogP contribution in [0.5, 0.6) is 0 Å². The lowest BCUT2D eigenvalue weighted by molar-refractivity contribution is 0.157. The Balaban J connectivity index is 1.95. The van der Waals surface area contributed by atoms with Crippen molar-refractivity contribution >= 4 is 10.9 Å². The molecule has 1 aliphatic heterocycles. The predicted molar refractivity (Wildman–Crippen MR) is 70.4 cm³/mol. The van der Waals surface area contributed by atoms with Crippen molar-refractivity contribution in [1.82, 2.24) is 9.88 Å². The SMILES string of the molecule is CN1CCCC2c3cccc4[nH]cc(c34)C[C@H]21. The number of nitrogens with one attached hydrogen (secondary N) is 1. The van der Waals surface area contributed by atoms with Gasteiger partial charge in [0, 0.05) is 29.1 Å². The van der Waals surface area contributed by atoms with Gasteiger partial charge in [0.2, 0.25) is 0 Å². The highest BCUT2D eigenvalue weighted by atomic mass is 15.1. The molecule has 0 radical (unpaired) electrons. The summed E-state index contributed by atoms with van der Waals surface area (Å²) in [6.07, 6.45) is 6.14. The topological polar surface area (TPSA) is 19.0 Å². The molecule has 1 fully saturated rings. The summed E-state index contributed by atoms with van der Waals surface area (Å²) >= 11 is 0. The summed E-state index contributed by atoms with van der Waals surface area (Å²) in [6, 6.07) is 7.47. The summed E-state index contributed by atoms with van der Waals surface area (Å²) in [5.41, 5.74) is 4.43. The molecule has 1 unspecified atom stereocenters. The molecular formula is C15H18N2. The third-order valence-electron chi connectivity index (χ3n) is 4.70. The van der Waals surface area contributed by atoms with E-state index in [1.165, 1.54) is 42.3 Å². The average Bonchev–Trinajstić information content (AvgIpc) is 2.76. The second-order valence-corrected chi connectivity index (χ2v) is 5.58. The van der Waals surface area contributed by atoms with E-state index in [1.54, 1.807) is 5.56 Å². The van der Waals surface area contributed by atoms with E-state index in [9.17, 15) is 0 Å². The first-order valence-electron chi connectivity index (χ1n) is 6.64. The van der Waals surface area contributed by atoms with E-state index in [-0.39, 0.29) is 0 Å². The van der Waals surface area contributed by atoms with Gasteiger partial charge in [0.25, 0.3) is 0 Å². The summed E-state index contributed by atoms with van der Waals surface area (Å²) in [6.45, 7) is 1.26. The van der Waals surface area contributed by atoms with Crippen LogP contribution in [0, 0.1) is 0 Å². The molecule has 1 aromatic carbocycles. The molecule has 4 rings (SSSR count). The molecule has 0 spiro atoms. The van der Waals surface area contributed by atoms with E-state index in [0.29, 0.717) is 0 Å². The second kappa shape index (κ2) is 3.36. The van der Waals surface area contributed by atoms with Crippen LogP contribution >= 0.6 is 0 Å². The maximum atomic E-state index is 3.43. The Morgan fingerprint density at radius 1 is 1.35 bits per heavy atom. The van der Waals surface area contributed by atoms with Crippen molar-refractivity contribution in [1.29, 1.82) is 0 Å². The van der Waals surface area contributed by atoms with Gasteiger partial charge >= 0.3 is 0 Å². The number of likely N-dealkylation sites (tertiary alicyclic amines) is 1. The van der Waals surface area contributed by atoms with E-state index in [2.05, 4.69) is 41.3 Å². The standard InChI is InChI=1S/C15H18N2/c1-17-7-3-5-11-12-4-2-6-13-15(12)10(9-16-13)8-14(11)17/h2,4,6,9,11,14,16H,3,5,7-8H2,1H3/t11?,14-/m1/s1. The van der Waals surface area contributed by atoms with Crippen LogP contribution in [0.15, 0.2) is 24.4 Å². The summed E-state index contributed by atoms with van der Waals surface area (Å²) in [4.78, 5) is 5.98. The zero-order valence-electron chi connectivity index (χ0n) is 10.2. The summed E-state index contributed by atoms with van der Waals surface area (Å²) in [5, 5.41) is 1.52. The molecule has 1 N–H and O–H groups in total. The number of hydrogen-bond acceptors (Lipinski definition) is 1. The lowest BCUT2D eigenvalue weighted by Crippen LogP contribution is -2.44. The first-order chi connectivity index (χ1) is 8.34. The van der Waals surface area contributed by atoms with Crippen LogP contribution in [-0.2, 0) is 6.42 Å². The van der Waals surface area contributed by atoms with Crippen molar-refractivity contribution in [3.05, 3.63) is 35.5 Å². The smallest absolute Gasteiger partial charge is 0.0459 e. The molecule has 1 aliphatic carbocycles. The lowest BCUT2D eigenvalue weighted by atomic mass is 9.75. The number of piperidine rings is 1. The van der Waals surface area contributed by atoms with E-state index in [0.717, 1.165) is 12.0 Å². The fourth-order valence-electron chi connectivity index (χ4n) is 3.87. The molecule has 0 saturated carbocycles. The fraction of sp³-hybridized carbons (Fsp3) is 0.467. The number of aromatic nitrogens is 1. The summed E-state index contributed by atoms with van der Waals surface area (Å²) < 4.78 is 0. The molecule has 2 atom stereocenters. The number of rotatable bonds is 0. The number of likely N-dealkylation sites (N-methyl/N-ethyl adjacent to an activating group) is 1. The number of benzene rings is 1. The van der Waals surface area contributed by atoms with Crippen molar-refractivity contribution in [3.63, 3.8) is 0 Å². The van der Waals surface area contributed by atoms with Gasteiger partial charge in [-0.05, 0) is 50.0 Å². The molecule has 2 nitrogen and oxygen atoms in total. The monoisotopic (exact) mass is 226 g/mol. The Labute approximate surface area is 102 Å². The normalized spacial score (nSPS) is 28.3. The molecule has 17 heavy (non-hydrogen) atoms. The van der Waals surface area contributed by atoms with Crippen LogP contribution in [0.1, 0.15) is 29.9 Å². The molecular weight excluding hydrogens is 208 g/mol. The van der Waals surface area contributed by atoms with Gasteiger partial charge in [-0.25, -0.2) is 0 Å². The highest BCUT2D eigenvalue weighted by molar-refractivity contribution is 5.88. The van der Waals surface area contributed by atoms with Gasteiger partial charge in [-0.3, -0.25) is 0 Å². The lowest BCUT2D eigenvalue weighted by Gasteiger charge is -2.42. The van der Waals surface area contributed by atoms with Crippen molar-refractivity contribution in [2.24, 2.45) is 0 Å². The third-order valence-corrected chi connectivity index (χ3v) is 4.70. The van der Waals surface area contributed by atoms with Crippen LogP contribution in [0.4, 0.5) is 0 Å². The Morgan fingerprint density at radius 3 is 3.24 bits per heavy atom. The second-order valence-electron chi connectivity index (χ2n) is 5.58. The van der Waals surface area contributed by atoms with E-state index in [1.807, 2.05) is 0 Å². The van der Waals surface area contributed by atoms with E-state index < -0.39 is 0 Å². The van der Waals surface area contributed by atoms with Crippen molar-refractivity contribution < 1.29 is 0 Å². The minimum Gasteiger partial charge on any atom is -0.361 e. The molecule has 0 bridgehead atoms. The molecule has 2 heterocycles. The Hall–Kier alpha value is -1.28. The molecule has 88 valence electrons. The first kappa shape index (κ1) is 9.72. The van der Waals surface area contributed by atoms with Gasteiger partial charge in [0.15, 0.2) is 0 Å². The Kier molecular flexibility index (Phi) is 1.92. The van der Waals surface area contributed by atoms with Gasteiger partial charge in [-0.1, -0.05) is 12.1 Å². The van der Waals surface area contributed by atoms with Crippen molar-refractivity contribution in [3.8, 4) is 0 Å². The molecule has 2 aliphatic rings. The number of H-pyrrole nitrogens is 1. The average molecular weight is 226 g/mol. The van der Waals surface area contributed by atoms with E-state index >= 15 is 0 Å². The summed E-state index contributed by atoms with van der Waals surface area (Å²) in [5.74, 6) is 0.751. The fourth-order valence-corrected chi connectivity index (χ4v) is 3.87. The van der Waals surface area contributed by atoms with Crippen LogP contribution < -0.4 is 0 Å². The molecule has 2 aromatic rings. The number of hydrogen-bond donors (Lipinski definition) is 1. The van der Waals surface area contributed by atoms with Crippen molar-refractivity contribution in [2.45, 2.75) is 31.2 Å². The predicted octanol–water partition coefficient (Wildman–Crippen LogP) is 2.90. The van der Waals surface area contributed by atoms with Gasteiger partial charge in [-0.15, -0.1) is 0 Å². The first-order valence-corrected chi connectivity index (χ1v) is 6.64. The third kappa shape index (κ3) is 1.25.